The zero-order chi connectivity index (χ0) is 18.0. The zero-order valence-electron chi connectivity index (χ0n) is 14.4. The number of nitrogens with one attached hydrogen (secondary N) is 2. The Labute approximate surface area is 145 Å². The maximum atomic E-state index is 12.6. The summed E-state index contributed by atoms with van der Waals surface area (Å²) in [4.78, 5) is 28.1. The van der Waals surface area contributed by atoms with Crippen molar-refractivity contribution in [1.82, 2.24) is 9.55 Å². The predicted molar refractivity (Wildman–Crippen MR) is 98.6 cm³/mol. The summed E-state index contributed by atoms with van der Waals surface area (Å²) < 4.78 is 1.85. The summed E-state index contributed by atoms with van der Waals surface area (Å²) in [5.41, 5.74) is 4.08. The van der Waals surface area contributed by atoms with E-state index < -0.39 is 6.04 Å². The Balaban J connectivity index is 1.77. The van der Waals surface area contributed by atoms with E-state index in [0.29, 0.717) is 5.69 Å². The number of para-hydroxylation sites is 2. The van der Waals surface area contributed by atoms with E-state index in [0.717, 1.165) is 22.3 Å². The SMILES string of the molecule is CC(=O)Nc1ccc(NC(=O)C(C)n2cnc3ccccc32)cc1C. The molecule has 25 heavy (non-hydrogen) atoms. The number of imidazole rings is 1. The Morgan fingerprint density at radius 3 is 2.60 bits per heavy atom. The van der Waals surface area contributed by atoms with Crippen LogP contribution in [0.25, 0.3) is 11.0 Å². The van der Waals surface area contributed by atoms with E-state index in [-0.39, 0.29) is 11.8 Å². The van der Waals surface area contributed by atoms with E-state index in [1.807, 2.05) is 48.7 Å². The number of rotatable bonds is 4. The van der Waals surface area contributed by atoms with Crippen LogP contribution in [-0.4, -0.2) is 21.4 Å². The number of hydrogen-bond acceptors (Lipinski definition) is 3. The van der Waals surface area contributed by atoms with Crippen LogP contribution in [0.5, 0.6) is 0 Å². The molecule has 6 heteroatoms. The fraction of sp³-hybridized carbons (Fsp3) is 0.211. The Bertz CT molecular complexity index is 946. The number of aryl methyl sites for hydroxylation is 1. The largest absolute Gasteiger partial charge is 0.326 e. The molecule has 0 aliphatic heterocycles. The van der Waals surface area contributed by atoms with Crippen molar-refractivity contribution in [2.75, 3.05) is 10.6 Å². The van der Waals surface area contributed by atoms with Crippen molar-refractivity contribution in [2.24, 2.45) is 0 Å². The molecule has 0 saturated heterocycles. The van der Waals surface area contributed by atoms with Crippen molar-refractivity contribution in [1.29, 1.82) is 0 Å². The van der Waals surface area contributed by atoms with Crippen molar-refractivity contribution in [3.8, 4) is 0 Å². The number of amides is 2. The van der Waals surface area contributed by atoms with E-state index in [1.54, 1.807) is 18.5 Å². The number of fused-ring (bicyclic) bond motifs is 1. The molecule has 0 spiro atoms. The van der Waals surface area contributed by atoms with E-state index in [9.17, 15) is 9.59 Å². The number of nitrogens with zero attached hydrogens (tertiary/aromatic N) is 2. The highest BCUT2D eigenvalue weighted by atomic mass is 16.2. The number of carbonyl (C=O) groups excluding carboxylic acids is 2. The van der Waals surface area contributed by atoms with Gasteiger partial charge < -0.3 is 15.2 Å². The lowest BCUT2D eigenvalue weighted by atomic mass is 10.1. The number of anilines is 2. The number of hydrogen-bond donors (Lipinski definition) is 2. The third-order valence-electron chi connectivity index (χ3n) is 4.08. The van der Waals surface area contributed by atoms with Crippen molar-refractivity contribution in [3.63, 3.8) is 0 Å². The summed E-state index contributed by atoms with van der Waals surface area (Å²) >= 11 is 0. The monoisotopic (exact) mass is 336 g/mol. The maximum Gasteiger partial charge on any atom is 0.247 e. The minimum absolute atomic E-state index is 0.125. The van der Waals surface area contributed by atoms with Crippen LogP contribution in [0.15, 0.2) is 48.8 Å². The number of carbonyl (C=O) groups is 2. The van der Waals surface area contributed by atoms with Crippen molar-refractivity contribution < 1.29 is 9.59 Å². The smallest absolute Gasteiger partial charge is 0.247 e. The van der Waals surface area contributed by atoms with Gasteiger partial charge >= 0.3 is 0 Å². The van der Waals surface area contributed by atoms with Crippen molar-refractivity contribution >= 4 is 34.2 Å². The van der Waals surface area contributed by atoms with Crippen LogP contribution in [0.3, 0.4) is 0 Å². The van der Waals surface area contributed by atoms with Gasteiger partial charge in [-0.15, -0.1) is 0 Å². The van der Waals surface area contributed by atoms with Crippen LogP contribution in [0.1, 0.15) is 25.5 Å². The molecule has 1 aromatic heterocycles. The molecule has 1 unspecified atom stereocenters. The summed E-state index contributed by atoms with van der Waals surface area (Å²) in [5, 5.41) is 5.67. The predicted octanol–water partition coefficient (Wildman–Crippen LogP) is 3.50. The summed E-state index contributed by atoms with van der Waals surface area (Å²) in [6.45, 7) is 5.18. The molecule has 2 aromatic carbocycles. The fourth-order valence-corrected chi connectivity index (χ4v) is 2.73. The van der Waals surface area contributed by atoms with Crippen LogP contribution in [-0.2, 0) is 9.59 Å². The van der Waals surface area contributed by atoms with Gasteiger partial charge in [0.2, 0.25) is 11.8 Å². The van der Waals surface area contributed by atoms with Gasteiger partial charge in [0.15, 0.2) is 0 Å². The molecule has 0 radical (unpaired) electrons. The standard InChI is InChI=1S/C19H20N4O2/c1-12-10-15(8-9-16(12)21-14(3)24)22-19(25)13(2)23-11-20-17-6-4-5-7-18(17)23/h4-11,13H,1-3H3,(H,21,24)(H,22,25). The van der Waals surface area contributed by atoms with Crippen LogP contribution < -0.4 is 10.6 Å². The van der Waals surface area contributed by atoms with E-state index in [4.69, 9.17) is 0 Å². The fourth-order valence-electron chi connectivity index (χ4n) is 2.73. The lowest BCUT2D eigenvalue weighted by molar-refractivity contribution is -0.118. The molecule has 6 nitrogen and oxygen atoms in total. The lowest BCUT2D eigenvalue weighted by Gasteiger charge is -2.15. The van der Waals surface area contributed by atoms with Crippen LogP contribution in [0.4, 0.5) is 11.4 Å². The maximum absolute atomic E-state index is 12.6. The van der Waals surface area contributed by atoms with E-state index in [1.165, 1.54) is 6.92 Å². The summed E-state index contributed by atoms with van der Waals surface area (Å²) in [5.74, 6) is -0.254. The molecule has 1 atom stereocenters. The minimum Gasteiger partial charge on any atom is -0.326 e. The Morgan fingerprint density at radius 1 is 1.12 bits per heavy atom. The first-order valence-corrected chi connectivity index (χ1v) is 8.06. The van der Waals surface area contributed by atoms with Crippen molar-refractivity contribution in [2.45, 2.75) is 26.8 Å². The summed E-state index contributed by atoms with van der Waals surface area (Å²) in [6.07, 6.45) is 1.68. The van der Waals surface area contributed by atoms with Crippen LogP contribution in [0, 0.1) is 6.92 Å². The first kappa shape index (κ1) is 16.7. The average molecular weight is 336 g/mol. The normalized spacial score (nSPS) is 12.0. The lowest BCUT2D eigenvalue weighted by Crippen LogP contribution is -2.23. The van der Waals surface area contributed by atoms with Gasteiger partial charge in [-0.25, -0.2) is 4.98 Å². The van der Waals surface area contributed by atoms with Gasteiger partial charge in [-0.1, -0.05) is 12.1 Å². The van der Waals surface area contributed by atoms with Gasteiger partial charge in [0, 0.05) is 18.3 Å². The molecule has 2 N–H and O–H groups in total. The molecule has 2 amide bonds. The van der Waals surface area contributed by atoms with Crippen LogP contribution >= 0.6 is 0 Å². The number of benzene rings is 2. The van der Waals surface area contributed by atoms with Gasteiger partial charge in [0.25, 0.3) is 0 Å². The quantitative estimate of drug-likeness (QED) is 0.765. The van der Waals surface area contributed by atoms with Gasteiger partial charge in [-0.3, -0.25) is 9.59 Å². The highest BCUT2D eigenvalue weighted by Gasteiger charge is 2.17. The van der Waals surface area contributed by atoms with Crippen molar-refractivity contribution in [3.05, 3.63) is 54.4 Å². The highest BCUT2D eigenvalue weighted by Crippen LogP contribution is 2.22. The zero-order valence-corrected chi connectivity index (χ0v) is 14.4. The molecule has 0 bridgehead atoms. The Morgan fingerprint density at radius 2 is 1.88 bits per heavy atom. The highest BCUT2D eigenvalue weighted by molar-refractivity contribution is 5.95. The molecule has 0 saturated carbocycles. The minimum atomic E-state index is -0.400. The molecule has 0 aliphatic rings. The molecular formula is C19H20N4O2. The molecule has 3 aromatic rings. The van der Waals surface area contributed by atoms with Gasteiger partial charge in [0.05, 0.1) is 17.4 Å². The Kier molecular flexibility index (Phi) is 4.52. The van der Waals surface area contributed by atoms with Crippen LogP contribution in [0.2, 0.25) is 0 Å². The first-order chi connectivity index (χ1) is 12.0. The molecule has 3 rings (SSSR count). The first-order valence-electron chi connectivity index (χ1n) is 8.06. The third-order valence-corrected chi connectivity index (χ3v) is 4.08. The number of aromatic nitrogens is 2. The summed E-state index contributed by atoms with van der Waals surface area (Å²) in [6, 6.07) is 12.7. The average Bonchev–Trinajstić information content (AvgIpc) is 3.00. The topological polar surface area (TPSA) is 76.0 Å². The second kappa shape index (κ2) is 6.76. The molecule has 1 heterocycles. The second-order valence-electron chi connectivity index (χ2n) is 6.02. The summed E-state index contributed by atoms with van der Waals surface area (Å²) in [7, 11) is 0. The molecular weight excluding hydrogens is 316 g/mol. The molecule has 128 valence electrons. The van der Waals surface area contributed by atoms with Gasteiger partial charge in [0.1, 0.15) is 6.04 Å². The van der Waals surface area contributed by atoms with E-state index in [2.05, 4.69) is 15.6 Å². The van der Waals surface area contributed by atoms with E-state index >= 15 is 0 Å². The molecule has 0 fully saturated rings. The third kappa shape index (κ3) is 3.52. The molecule has 0 aliphatic carbocycles. The Hall–Kier alpha value is -3.15. The second-order valence-corrected chi connectivity index (χ2v) is 6.02. The van der Waals surface area contributed by atoms with Gasteiger partial charge in [-0.2, -0.15) is 0 Å². The van der Waals surface area contributed by atoms with Gasteiger partial charge in [-0.05, 0) is 49.7 Å².